The van der Waals surface area contributed by atoms with Gasteiger partial charge >= 0.3 is 0 Å². The first-order valence-corrected chi connectivity index (χ1v) is 15.0. The molecule has 0 saturated heterocycles. The third-order valence-corrected chi connectivity index (χ3v) is 8.51. The molecule has 2 fully saturated rings. The van der Waals surface area contributed by atoms with E-state index in [1.807, 2.05) is 0 Å². The number of benzene rings is 2. The number of hydrogen-bond donors (Lipinski definition) is 2. The highest BCUT2D eigenvalue weighted by molar-refractivity contribution is 5.50. The maximum atomic E-state index is 10.6. The number of aromatic hydroxyl groups is 2. The molecule has 0 aromatic heterocycles. The van der Waals surface area contributed by atoms with Crippen LogP contribution in [0.15, 0.2) is 24.3 Å². The highest BCUT2D eigenvalue weighted by atomic mass is 16.3. The Labute approximate surface area is 227 Å². The van der Waals surface area contributed by atoms with Gasteiger partial charge in [-0.15, -0.1) is 0 Å². The van der Waals surface area contributed by atoms with Crippen molar-refractivity contribution in [2.24, 2.45) is 0 Å². The first kappa shape index (κ1) is 29.6. The quantitative estimate of drug-likeness (QED) is 0.423. The average Bonchev–Trinajstić information content (AvgIpc) is 3.53. The largest absolute Gasteiger partial charge is 0.507 e. The second-order valence-electron chi connectivity index (χ2n) is 13.9. The molecule has 2 N–H and O–H groups in total. The van der Waals surface area contributed by atoms with E-state index in [2.05, 4.69) is 79.7 Å². The van der Waals surface area contributed by atoms with Crippen LogP contribution < -0.4 is 0 Å². The Morgan fingerprint density at radius 1 is 0.676 bits per heavy atom. The molecule has 0 heterocycles. The summed E-state index contributed by atoms with van der Waals surface area (Å²) in [5, 5.41) is 21.2. The number of aryl methyl sites for hydroxylation is 2. The molecular formula is C35H54O2. The molecular weight excluding hydrogens is 452 g/mol. The summed E-state index contributed by atoms with van der Waals surface area (Å²) < 4.78 is 0. The van der Waals surface area contributed by atoms with Crippen molar-refractivity contribution in [2.45, 2.75) is 149 Å². The summed E-state index contributed by atoms with van der Waals surface area (Å²) in [4.78, 5) is 0. The zero-order valence-electron chi connectivity index (χ0n) is 25.1. The van der Waals surface area contributed by atoms with Crippen molar-refractivity contribution in [1.29, 1.82) is 0 Å². The van der Waals surface area contributed by atoms with Crippen molar-refractivity contribution in [3.63, 3.8) is 0 Å². The minimum Gasteiger partial charge on any atom is -0.507 e. The van der Waals surface area contributed by atoms with E-state index in [0.29, 0.717) is 23.3 Å². The molecule has 0 amide bonds. The Bertz CT molecular complexity index is 950. The van der Waals surface area contributed by atoms with E-state index in [1.165, 1.54) is 86.5 Å². The predicted molar refractivity (Wildman–Crippen MR) is 159 cm³/mol. The molecule has 2 aliphatic rings. The molecule has 0 spiro atoms. The standard InChI is InChI=1S/C18H30O.C17H24O/c1-8-9-10-13-11-14(17(2,3)4)16(19)15(12-13)18(5,6)7;1-12-10-15(13-6-2-3-7-13)17(18)16(11-12)14-8-4-5-9-14/h11-12,19H,8-10H2,1-7H3;10-11,13-14,18H,2-9H2,1H3. The summed E-state index contributed by atoms with van der Waals surface area (Å²) in [7, 11) is 0. The van der Waals surface area contributed by atoms with E-state index in [9.17, 15) is 10.2 Å². The lowest BCUT2D eigenvalue weighted by molar-refractivity contribution is 0.422. The van der Waals surface area contributed by atoms with Gasteiger partial charge in [0, 0.05) is 0 Å². The molecule has 0 unspecified atom stereocenters. The molecule has 0 radical (unpaired) electrons. The third-order valence-electron chi connectivity index (χ3n) is 8.51. The second-order valence-corrected chi connectivity index (χ2v) is 13.9. The smallest absolute Gasteiger partial charge is 0.123 e. The van der Waals surface area contributed by atoms with E-state index in [4.69, 9.17) is 0 Å². The van der Waals surface area contributed by atoms with Crippen molar-refractivity contribution in [3.05, 3.63) is 57.6 Å². The van der Waals surface area contributed by atoms with E-state index >= 15 is 0 Å². The summed E-state index contributed by atoms with van der Waals surface area (Å²) in [6.07, 6.45) is 13.9. The first-order valence-electron chi connectivity index (χ1n) is 15.0. The Hall–Kier alpha value is -1.96. The lowest BCUT2D eigenvalue weighted by Gasteiger charge is -2.28. The summed E-state index contributed by atoms with van der Waals surface area (Å²) in [6, 6.07) is 8.84. The van der Waals surface area contributed by atoms with Crippen LogP contribution in [0.1, 0.15) is 158 Å². The summed E-state index contributed by atoms with van der Waals surface area (Å²) in [5.41, 5.74) is 7.28. The Balaban J connectivity index is 0.000000206. The molecule has 0 aliphatic heterocycles. The van der Waals surface area contributed by atoms with Crippen molar-refractivity contribution in [2.75, 3.05) is 0 Å². The van der Waals surface area contributed by atoms with Gasteiger partial charge in [-0.3, -0.25) is 0 Å². The van der Waals surface area contributed by atoms with Crippen LogP contribution in [0.2, 0.25) is 0 Å². The van der Waals surface area contributed by atoms with Gasteiger partial charge in [0.1, 0.15) is 11.5 Å². The van der Waals surface area contributed by atoms with Crippen LogP contribution in [0.4, 0.5) is 0 Å². The fourth-order valence-corrected chi connectivity index (χ4v) is 6.29. The summed E-state index contributed by atoms with van der Waals surface area (Å²) in [5.74, 6) is 2.36. The Morgan fingerprint density at radius 3 is 1.43 bits per heavy atom. The molecule has 4 rings (SSSR count). The number of rotatable bonds is 5. The highest BCUT2D eigenvalue weighted by Crippen LogP contribution is 2.45. The summed E-state index contributed by atoms with van der Waals surface area (Å²) in [6.45, 7) is 17.4. The number of phenolic OH excluding ortho intramolecular Hbond substituents is 2. The van der Waals surface area contributed by atoms with Crippen LogP contribution in [0, 0.1) is 6.92 Å². The van der Waals surface area contributed by atoms with E-state index in [-0.39, 0.29) is 10.8 Å². The van der Waals surface area contributed by atoms with Crippen LogP contribution >= 0.6 is 0 Å². The van der Waals surface area contributed by atoms with Crippen molar-refractivity contribution < 1.29 is 10.2 Å². The van der Waals surface area contributed by atoms with Gasteiger partial charge in [-0.05, 0) is 95.9 Å². The minimum absolute atomic E-state index is 0.0215. The monoisotopic (exact) mass is 506 g/mol. The van der Waals surface area contributed by atoms with Crippen LogP contribution in [0.25, 0.3) is 0 Å². The molecule has 2 aromatic rings. The van der Waals surface area contributed by atoms with E-state index in [0.717, 1.165) is 17.5 Å². The molecule has 2 aromatic carbocycles. The van der Waals surface area contributed by atoms with E-state index in [1.54, 1.807) is 0 Å². The minimum atomic E-state index is -0.0215. The van der Waals surface area contributed by atoms with Gasteiger partial charge in [0.15, 0.2) is 0 Å². The fraction of sp³-hybridized carbons (Fsp3) is 0.657. The molecule has 2 heteroatoms. The van der Waals surface area contributed by atoms with Crippen molar-refractivity contribution in [3.8, 4) is 11.5 Å². The van der Waals surface area contributed by atoms with Gasteiger partial charge < -0.3 is 10.2 Å². The maximum Gasteiger partial charge on any atom is 0.123 e. The fourth-order valence-electron chi connectivity index (χ4n) is 6.29. The van der Waals surface area contributed by atoms with Crippen LogP contribution in [-0.4, -0.2) is 10.2 Å². The molecule has 206 valence electrons. The predicted octanol–water partition coefficient (Wildman–Crippen LogP) is 10.3. The van der Waals surface area contributed by atoms with Gasteiger partial charge in [-0.1, -0.05) is 110 Å². The molecule has 2 nitrogen and oxygen atoms in total. The molecule has 0 atom stereocenters. The van der Waals surface area contributed by atoms with Gasteiger partial charge in [0.25, 0.3) is 0 Å². The molecule has 37 heavy (non-hydrogen) atoms. The molecule has 2 aliphatic carbocycles. The average molecular weight is 507 g/mol. The SMILES string of the molecule is CCCCc1cc(C(C)(C)C)c(O)c(C(C)(C)C)c1.Cc1cc(C2CCCC2)c(O)c(C2CCCC2)c1. The van der Waals surface area contributed by atoms with E-state index < -0.39 is 0 Å². The van der Waals surface area contributed by atoms with Gasteiger partial charge in [-0.25, -0.2) is 0 Å². The number of phenols is 2. The normalized spacial score (nSPS) is 17.2. The lowest BCUT2D eigenvalue weighted by Crippen LogP contribution is -2.17. The third kappa shape index (κ3) is 7.55. The lowest BCUT2D eigenvalue weighted by atomic mass is 9.78. The Kier molecular flexibility index (Phi) is 9.81. The summed E-state index contributed by atoms with van der Waals surface area (Å²) >= 11 is 0. The van der Waals surface area contributed by atoms with Crippen LogP contribution in [0.3, 0.4) is 0 Å². The number of unbranched alkanes of at least 4 members (excludes halogenated alkanes) is 1. The van der Waals surface area contributed by atoms with Gasteiger partial charge in [-0.2, -0.15) is 0 Å². The Morgan fingerprint density at radius 2 is 1.08 bits per heavy atom. The van der Waals surface area contributed by atoms with Crippen LogP contribution in [0.5, 0.6) is 11.5 Å². The van der Waals surface area contributed by atoms with Gasteiger partial charge in [0.2, 0.25) is 0 Å². The van der Waals surface area contributed by atoms with Crippen molar-refractivity contribution >= 4 is 0 Å². The zero-order chi connectivity index (χ0) is 27.4. The molecule has 0 bridgehead atoms. The topological polar surface area (TPSA) is 40.5 Å². The maximum absolute atomic E-state index is 10.6. The van der Waals surface area contributed by atoms with Gasteiger partial charge in [0.05, 0.1) is 0 Å². The highest BCUT2D eigenvalue weighted by Gasteiger charge is 2.27. The first-order chi connectivity index (χ1) is 17.3. The number of hydrogen-bond acceptors (Lipinski definition) is 2. The second kappa shape index (κ2) is 12.3. The van der Waals surface area contributed by atoms with Crippen molar-refractivity contribution in [1.82, 2.24) is 0 Å². The molecule has 2 saturated carbocycles. The van der Waals surface area contributed by atoms with Crippen LogP contribution in [-0.2, 0) is 17.3 Å². The zero-order valence-corrected chi connectivity index (χ0v) is 25.1.